The SMILES string of the molecule is CC(C)Sc1ccc(-c2ccccc2)c(C(=O)Nc2ccc(NCCc3ccccn3)cc2)c1. The molecule has 0 unspecified atom stereocenters. The summed E-state index contributed by atoms with van der Waals surface area (Å²) in [6.07, 6.45) is 2.67. The third-order valence-corrected chi connectivity index (χ3v) is 6.27. The summed E-state index contributed by atoms with van der Waals surface area (Å²) in [4.78, 5) is 18.8. The van der Waals surface area contributed by atoms with Crippen molar-refractivity contribution >= 4 is 29.0 Å². The van der Waals surface area contributed by atoms with Gasteiger partial charge in [-0.2, -0.15) is 0 Å². The van der Waals surface area contributed by atoms with Crippen LogP contribution in [0.4, 0.5) is 11.4 Å². The molecular formula is C29H29N3OS. The largest absolute Gasteiger partial charge is 0.385 e. The van der Waals surface area contributed by atoms with Gasteiger partial charge < -0.3 is 10.6 Å². The molecule has 172 valence electrons. The summed E-state index contributed by atoms with van der Waals surface area (Å²) < 4.78 is 0. The highest BCUT2D eigenvalue weighted by molar-refractivity contribution is 7.99. The second-order valence-electron chi connectivity index (χ2n) is 8.27. The number of aromatic nitrogens is 1. The third-order valence-electron chi connectivity index (χ3n) is 5.27. The molecule has 0 atom stereocenters. The summed E-state index contributed by atoms with van der Waals surface area (Å²) in [7, 11) is 0. The average Bonchev–Trinajstić information content (AvgIpc) is 2.86. The van der Waals surface area contributed by atoms with Crippen LogP contribution in [0.2, 0.25) is 0 Å². The minimum Gasteiger partial charge on any atom is -0.385 e. The Balaban J connectivity index is 1.46. The summed E-state index contributed by atoms with van der Waals surface area (Å²) >= 11 is 1.76. The number of carbonyl (C=O) groups excluding carboxylic acids is 1. The molecule has 4 rings (SSSR count). The molecule has 2 N–H and O–H groups in total. The first kappa shape index (κ1) is 23.6. The zero-order valence-electron chi connectivity index (χ0n) is 19.5. The molecule has 0 spiro atoms. The standard InChI is InChI=1S/C29H29N3OS/c1-21(2)34-26-15-16-27(22-8-4-3-5-9-22)28(20-26)29(33)32-25-13-11-24(12-14-25)31-19-17-23-10-6-7-18-30-23/h3-16,18,20-21,31H,17,19H2,1-2H3,(H,32,33). The molecular weight excluding hydrogens is 438 g/mol. The van der Waals surface area contributed by atoms with E-state index in [1.807, 2.05) is 91.1 Å². The third kappa shape index (κ3) is 6.49. The first-order valence-corrected chi connectivity index (χ1v) is 12.4. The van der Waals surface area contributed by atoms with Gasteiger partial charge in [-0.1, -0.05) is 56.3 Å². The van der Waals surface area contributed by atoms with Crippen LogP contribution in [0, 0.1) is 0 Å². The summed E-state index contributed by atoms with van der Waals surface area (Å²) in [6.45, 7) is 5.10. The molecule has 0 fully saturated rings. The second-order valence-corrected chi connectivity index (χ2v) is 9.92. The predicted molar refractivity (Wildman–Crippen MR) is 144 cm³/mol. The molecule has 5 heteroatoms. The topological polar surface area (TPSA) is 54.0 Å². The number of hydrogen-bond donors (Lipinski definition) is 2. The van der Waals surface area contributed by atoms with Crippen LogP contribution in [-0.2, 0) is 6.42 Å². The Labute approximate surface area is 205 Å². The Bertz CT molecular complexity index is 1210. The van der Waals surface area contributed by atoms with Gasteiger partial charge in [0.1, 0.15) is 0 Å². The van der Waals surface area contributed by atoms with Crippen molar-refractivity contribution in [2.75, 3.05) is 17.2 Å². The van der Waals surface area contributed by atoms with Crippen molar-refractivity contribution in [3.05, 3.63) is 108 Å². The van der Waals surface area contributed by atoms with E-state index in [4.69, 9.17) is 0 Å². The van der Waals surface area contributed by atoms with E-state index >= 15 is 0 Å². The Morgan fingerprint density at radius 1 is 0.882 bits per heavy atom. The number of rotatable bonds is 9. The summed E-state index contributed by atoms with van der Waals surface area (Å²) in [5, 5.41) is 6.92. The lowest BCUT2D eigenvalue weighted by atomic mass is 9.99. The molecule has 3 aromatic carbocycles. The maximum atomic E-state index is 13.3. The van der Waals surface area contributed by atoms with Crippen LogP contribution in [0.5, 0.6) is 0 Å². The van der Waals surface area contributed by atoms with Crippen molar-refractivity contribution in [2.24, 2.45) is 0 Å². The molecule has 0 bridgehead atoms. The minimum atomic E-state index is -0.110. The van der Waals surface area contributed by atoms with Crippen molar-refractivity contribution in [1.29, 1.82) is 0 Å². The van der Waals surface area contributed by atoms with Crippen LogP contribution in [0.3, 0.4) is 0 Å². The van der Waals surface area contributed by atoms with Crippen LogP contribution in [0.25, 0.3) is 11.1 Å². The molecule has 0 radical (unpaired) electrons. The molecule has 1 heterocycles. The highest BCUT2D eigenvalue weighted by Crippen LogP contribution is 2.31. The number of hydrogen-bond acceptors (Lipinski definition) is 4. The van der Waals surface area contributed by atoms with Crippen molar-refractivity contribution in [2.45, 2.75) is 30.4 Å². The lowest BCUT2D eigenvalue weighted by molar-refractivity contribution is 0.102. The summed E-state index contributed by atoms with van der Waals surface area (Å²) in [6, 6.07) is 29.9. The normalized spacial score (nSPS) is 10.8. The van der Waals surface area contributed by atoms with Crippen molar-refractivity contribution in [3.8, 4) is 11.1 Å². The fraction of sp³-hybridized carbons (Fsp3) is 0.172. The maximum absolute atomic E-state index is 13.3. The zero-order valence-corrected chi connectivity index (χ0v) is 20.3. The molecule has 34 heavy (non-hydrogen) atoms. The molecule has 1 amide bonds. The van der Waals surface area contributed by atoms with E-state index in [0.29, 0.717) is 10.8 Å². The van der Waals surface area contributed by atoms with E-state index in [1.165, 1.54) is 0 Å². The van der Waals surface area contributed by atoms with Gasteiger partial charge >= 0.3 is 0 Å². The molecule has 0 aliphatic heterocycles. The summed E-state index contributed by atoms with van der Waals surface area (Å²) in [5.41, 5.74) is 5.47. The Kier molecular flexibility index (Phi) is 7.99. The zero-order chi connectivity index (χ0) is 23.8. The molecule has 0 aliphatic rings. The number of thioether (sulfide) groups is 1. The van der Waals surface area contributed by atoms with Crippen LogP contribution < -0.4 is 10.6 Å². The fourth-order valence-electron chi connectivity index (χ4n) is 3.68. The number of pyridine rings is 1. The van der Waals surface area contributed by atoms with Crippen molar-refractivity contribution in [1.82, 2.24) is 4.98 Å². The monoisotopic (exact) mass is 467 g/mol. The van der Waals surface area contributed by atoms with Crippen LogP contribution in [-0.4, -0.2) is 22.7 Å². The number of amides is 1. The van der Waals surface area contributed by atoms with Gasteiger partial charge in [0.25, 0.3) is 5.91 Å². The van der Waals surface area contributed by atoms with E-state index in [2.05, 4.69) is 35.5 Å². The van der Waals surface area contributed by atoms with E-state index in [1.54, 1.807) is 11.8 Å². The van der Waals surface area contributed by atoms with Gasteiger partial charge in [-0.25, -0.2) is 0 Å². The Hall–Kier alpha value is -3.57. The molecule has 0 saturated carbocycles. The molecule has 1 aromatic heterocycles. The van der Waals surface area contributed by atoms with Gasteiger partial charge in [-0.15, -0.1) is 11.8 Å². The van der Waals surface area contributed by atoms with E-state index in [0.717, 1.165) is 46.1 Å². The van der Waals surface area contributed by atoms with Gasteiger partial charge in [0.2, 0.25) is 0 Å². The number of nitrogens with zero attached hydrogens (tertiary/aromatic N) is 1. The van der Waals surface area contributed by atoms with E-state index in [9.17, 15) is 4.79 Å². The van der Waals surface area contributed by atoms with Gasteiger partial charge in [0.15, 0.2) is 0 Å². The fourth-order valence-corrected chi connectivity index (χ4v) is 4.55. The van der Waals surface area contributed by atoms with Crippen molar-refractivity contribution in [3.63, 3.8) is 0 Å². The quantitative estimate of drug-likeness (QED) is 0.257. The first-order chi connectivity index (χ1) is 16.6. The first-order valence-electron chi connectivity index (χ1n) is 11.5. The maximum Gasteiger partial charge on any atom is 0.256 e. The predicted octanol–water partition coefficient (Wildman–Crippen LogP) is 7.16. The number of nitrogens with one attached hydrogen (secondary N) is 2. The number of carbonyl (C=O) groups is 1. The van der Waals surface area contributed by atoms with Gasteiger partial charge in [-0.05, 0) is 59.7 Å². The van der Waals surface area contributed by atoms with Crippen LogP contribution >= 0.6 is 11.8 Å². The van der Waals surface area contributed by atoms with Crippen LogP contribution in [0.1, 0.15) is 29.9 Å². The van der Waals surface area contributed by atoms with Gasteiger partial charge in [-0.3, -0.25) is 9.78 Å². The smallest absolute Gasteiger partial charge is 0.256 e. The average molecular weight is 468 g/mol. The Morgan fingerprint density at radius 2 is 1.62 bits per heavy atom. The Morgan fingerprint density at radius 3 is 2.32 bits per heavy atom. The van der Waals surface area contributed by atoms with E-state index in [-0.39, 0.29) is 5.91 Å². The lowest BCUT2D eigenvalue weighted by Crippen LogP contribution is -2.13. The molecule has 0 aliphatic carbocycles. The highest BCUT2D eigenvalue weighted by atomic mass is 32.2. The molecule has 4 nitrogen and oxygen atoms in total. The molecule has 0 saturated heterocycles. The van der Waals surface area contributed by atoms with Crippen molar-refractivity contribution < 1.29 is 4.79 Å². The van der Waals surface area contributed by atoms with E-state index < -0.39 is 0 Å². The van der Waals surface area contributed by atoms with Gasteiger partial charge in [0.05, 0.1) is 0 Å². The minimum absolute atomic E-state index is 0.110. The van der Waals surface area contributed by atoms with Gasteiger partial charge in [0, 0.05) is 51.9 Å². The molecule has 4 aromatic rings. The highest BCUT2D eigenvalue weighted by Gasteiger charge is 2.15. The summed E-state index contributed by atoms with van der Waals surface area (Å²) in [5.74, 6) is -0.110. The number of anilines is 2. The number of benzene rings is 3. The second kappa shape index (κ2) is 11.5. The van der Waals surface area contributed by atoms with Crippen LogP contribution in [0.15, 0.2) is 102 Å². The lowest BCUT2D eigenvalue weighted by Gasteiger charge is -2.14.